The Bertz CT molecular complexity index is 330. The Morgan fingerprint density at radius 2 is 2.31 bits per heavy atom. The van der Waals surface area contributed by atoms with E-state index in [0.29, 0.717) is 18.7 Å². The topological polar surface area (TPSA) is 12.0 Å². The van der Waals surface area contributed by atoms with E-state index in [0.717, 1.165) is 0 Å². The molecule has 13 heavy (non-hydrogen) atoms. The summed E-state index contributed by atoms with van der Waals surface area (Å²) in [4.78, 5) is 0. The first kappa shape index (κ1) is 9.88. The molecule has 0 spiro atoms. The highest BCUT2D eigenvalue weighted by atomic mass is 35.5. The van der Waals surface area contributed by atoms with Crippen molar-refractivity contribution < 1.29 is 4.39 Å². The molecule has 0 heterocycles. The highest BCUT2D eigenvalue weighted by molar-refractivity contribution is 6.31. The minimum atomic E-state index is -0.429. The van der Waals surface area contributed by atoms with E-state index >= 15 is 0 Å². The molecule has 0 aromatic heterocycles. The van der Waals surface area contributed by atoms with Crippen molar-refractivity contribution in [3.63, 3.8) is 0 Å². The maximum Gasteiger partial charge on any atom is 0.164 e. The van der Waals surface area contributed by atoms with Gasteiger partial charge in [0.25, 0.3) is 0 Å². The van der Waals surface area contributed by atoms with E-state index in [1.54, 1.807) is 12.1 Å². The van der Waals surface area contributed by atoms with Gasteiger partial charge in [-0.3, -0.25) is 0 Å². The third kappa shape index (κ3) is 2.64. The monoisotopic (exact) mass is 197 g/mol. The molecule has 1 nitrogen and oxygen atoms in total. The molecule has 1 aromatic carbocycles. The quantitative estimate of drug-likeness (QED) is 0.581. The van der Waals surface area contributed by atoms with Crippen LogP contribution in [-0.4, -0.2) is 6.54 Å². The Balaban J connectivity index is 2.67. The summed E-state index contributed by atoms with van der Waals surface area (Å²) >= 11 is 5.57. The lowest BCUT2D eigenvalue weighted by molar-refractivity contribution is 0.630. The lowest BCUT2D eigenvalue weighted by atomic mass is 10.3. The fourth-order valence-electron chi connectivity index (χ4n) is 0.910. The van der Waals surface area contributed by atoms with Crippen LogP contribution < -0.4 is 5.32 Å². The number of anilines is 1. The molecule has 0 unspecified atom stereocenters. The van der Waals surface area contributed by atoms with Gasteiger partial charge in [-0.25, -0.2) is 4.39 Å². The normalized spacial score (nSPS) is 9.31. The summed E-state index contributed by atoms with van der Waals surface area (Å²) in [7, 11) is 0. The first-order valence-electron chi connectivity index (χ1n) is 3.87. The standard InChI is InChI=1S/C10H9ClFN/c1-2-3-7-13-9-6-4-5-8(11)10(9)12/h1,4-6,13H,3,7H2. The van der Waals surface area contributed by atoms with Crippen LogP contribution in [0.2, 0.25) is 5.02 Å². The highest BCUT2D eigenvalue weighted by Crippen LogP contribution is 2.21. The number of benzene rings is 1. The van der Waals surface area contributed by atoms with E-state index in [9.17, 15) is 4.39 Å². The van der Waals surface area contributed by atoms with Crippen LogP contribution in [0.1, 0.15) is 6.42 Å². The number of hydrogen-bond acceptors (Lipinski definition) is 1. The fourth-order valence-corrected chi connectivity index (χ4v) is 1.08. The molecule has 0 aliphatic carbocycles. The predicted octanol–water partition coefficient (Wildman–Crippen LogP) is 2.91. The third-order valence-electron chi connectivity index (χ3n) is 1.54. The zero-order chi connectivity index (χ0) is 9.68. The zero-order valence-electron chi connectivity index (χ0n) is 6.98. The van der Waals surface area contributed by atoms with Crippen LogP contribution in [0.5, 0.6) is 0 Å². The minimum Gasteiger partial charge on any atom is -0.382 e. The van der Waals surface area contributed by atoms with E-state index in [1.807, 2.05) is 0 Å². The molecule has 0 radical (unpaired) electrons. The number of hydrogen-bond donors (Lipinski definition) is 1. The minimum absolute atomic E-state index is 0.116. The van der Waals surface area contributed by atoms with Crippen molar-refractivity contribution in [3.8, 4) is 12.3 Å². The molecule has 0 fully saturated rings. The second-order valence-electron chi connectivity index (χ2n) is 2.48. The molecule has 1 N–H and O–H groups in total. The Labute approximate surface area is 81.9 Å². The second-order valence-corrected chi connectivity index (χ2v) is 2.89. The van der Waals surface area contributed by atoms with Crippen LogP contribution in [-0.2, 0) is 0 Å². The van der Waals surface area contributed by atoms with Crippen molar-refractivity contribution in [1.29, 1.82) is 0 Å². The van der Waals surface area contributed by atoms with Gasteiger partial charge < -0.3 is 5.32 Å². The van der Waals surface area contributed by atoms with Crippen molar-refractivity contribution in [3.05, 3.63) is 29.0 Å². The Morgan fingerprint density at radius 3 is 3.00 bits per heavy atom. The van der Waals surface area contributed by atoms with Crippen LogP contribution in [0, 0.1) is 18.2 Å². The Morgan fingerprint density at radius 1 is 1.54 bits per heavy atom. The van der Waals surface area contributed by atoms with Crippen molar-refractivity contribution in [1.82, 2.24) is 0 Å². The first-order chi connectivity index (χ1) is 6.25. The lowest BCUT2D eigenvalue weighted by Crippen LogP contribution is -2.02. The molecule has 3 heteroatoms. The average molecular weight is 198 g/mol. The van der Waals surface area contributed by atoms with Crippen LogP contribution >= 0.6 is 11.6 Å². The number of rotatable bonds is 3. The van der Waals surface area contributed by atoms with Gasteiger partial charge in [0.15, 0.2) is 5.82 Å². The van der Waals surface area contributed by atoms with Crippen molar-refractivity contribution in [2.75, 3.05) is 11.9 Å². The van der Waals surface area contributed by atoms with Gasteiger partial charge in [-0.1, -0.05) is 17.7 Å². The average Bonchev–Trinajstić information content (AvgIpc) is 2.13. The SMILES string of the molecule is C#CCCNc1cccc(Cl)c1F. The number of halogens is 2. The van der Waals surface area contributed by atoms with Crippen LogP contribution in [0.4, 0.5) is 10.1 Å². The molecule has 1 aromatic rings. The van der Waals surface area contributed by atoms with Crippen molar-refractivity contribution in [2.24, 2.45) is 0 Å². The molecule has 0 aliphatic rings. The molecule has 0 saturated carbocycles. The molecule has 0 amide bonds. The summed E-state index contributed by atoms with van der Waals surface area (Å²) in [5, 5.41) is 2.97. The molecule has 0 bridgehead atoms. The third-order valence-corrected chi connectivity index (χ3v) is 1.83. The summed E-state index contributed by atoms with van der Waals surface area (Å²) in [6.07, 6.45) is 5.61. The lowest BCUT2D eigenvalue weighted by Gasteiger charge is -2.05. The second kappa shape index (κ2) is 4.74. The Hall–Kier alpha value is -1.20. The van der Waals surface area contributed by atoms with E-state index in [4.69, 9.17) is 18.0 Å². The number of nitrogens with one attached hydrogen (secondary N) is 1. The van der Waals surface area contributed by atoms with Gasteiger partial charge in [-0.05, 0) is 12.1 Å². The largest absolute Gasteiger partial charge is 0.382 e. The van der Waals surface area contributed by atoms with E-state index in [1.165, 1.54) is 6.07 Å². The van der Waals surface area contributed by atoms with Gasteiger partial charge in [-0.15, -0.1) is 12.3 Å². The molecule has 68 valence electrons. The first-order valence-corrected chi connectivity index (χ1v) is 4.25. The molecular formula is C10H9ClFN. The Kier molecular flexibility index (Phi) is 3.60. The summed E-state index contributed by atoms with van der Waals surface area (Å²) < 4.78 is 13.2. The van der Waals surface area contributed by atoms with Gasteiger partial charge in [0.2, 0.25) is 0 Å². The van der Waals surface area contributed by atoms with Gasteiger partial charge >= 0.3 is 0 Å². The van der Waals surface area contributed by atoms with Crippen LogP contribution in [0.25, 0.3) is 0 Å². The summed E-state index contributed by atoms with van der Waals surface area (Å²) in [5.41, 5.74) is 0.391. The molecule has 1 rings (SSSR count). The van der Waals surface area contributed by atoms with E-state index in [-0.39, 0.29) is 5.02 Å². The molecular weight excluding hydrogens is 189 g/mol. The van der Waals surface area contributed by atoms with E-state index < -0.39 is 5.82 Å². The summed E-state index contributed by atoms with van der Waals surface area (Å²) in [6.45, 7) is 0.549. The maximum absolute atomic E-state index is 13.2. The molecule has 0 atom stereocenters. The van der Waals surface area contributed by atoms with Crippen molar-refractivity contribution >= 4 is 17.3 Å². The highest BCUT2D eigenvalue weighted by Gasteiger charge is 2.03. The molecule has 0 saturated heterocycles. The zero-order valence-corrected chi connectivity index (χ0v) is 7.74. The summed E-state index contributed by atoms with van der Waals surface area (Å²) in [5.74, 6) is 2.02. The van der Waals surface area contributed by atoms with E-state index in [2.05, 4.69) is 11.2 Å². The van der Waals surface area contributed by atoms with Crippen LogP contribution in [0.15, 0.2) is 18.2 Å². The smallest absolute Gasteiger partial charge is 0.164 e. The van der Waals surface area contributed by atoms with Gasteiger partial charge in [0.1, 0.15) is 0 Å². The summed E-state index contributed by atoms with van der Waals surface area (Å²) in [6, 6.07) is 4.81. The van der Waals surface area contributed by atoms with Crippen molar-refractivity contribution in [2.45, 2.75) is 6.42 Å². The predicted molar refractivity (Wildman–Crippen MR) is 53.3 cm³/mol. The van der Waals surface area contributed by atoms with Gasteiger partial charge in [-0.2, -0.15) is 0 Å². The maximum atomic E-state index is 13.2. The van der Waals surface area contributed by atoms with Crippen LogP contribution in [0.3, 0.4) is 0 Å². The van der Waals surface area contributed by atoms with Gasteiger partial charge in [0, 0.05) is 13.0 Å². The fraction of sp³-hybridized carbons (Fsp3) is 0.200. The number of terminal acetylenes is 1. The van der Waals surface area contributed by atoms with Gasteiger partial charge in [0.05, 0.1) is 10.7 Å². The molecule has 0 aliphatic heterocycles.